The maximum atomic E-state index is 12.7. The predicted molar refractivity (Wildman–Crippen MR) is 86.0 cm³/mol. The largest absolute Gasteiger partial charge is 0.409 e. The van der Waals surface area contributed by atoms with Gasteiger partial charge in [0.05, 0.1) is 5.56 Å². The van der Waals surface area contributed by atoms with E-state index in [4.69, 9.17) is 10.9 Å². The van der Waals surface area contributed by atoms with Crippen molar-refractivity contribution < 1.29 is 10.0 Å². The third-order valence-electron chi connectivity index (χ3n) is 3.49. The van der Waals surface area contributed by atoms with Crippen LogP contribution in [-0.2, 0) is 0 Å². The Balaban J connectivity index is 2.24. The molecule has 1 amide bonds. The average Bonchev–Trinajstić information content (AvgIpc) is 2.94. The summed E-state index contributed by atoms with van der Waals surface area (Å²) in [6.45, 7) is 4.75. The first kappa shape index (κ1) is 15.3. The molecule has 5 nitrogen and oxygen atoms in total. The minimum atomic E-state index is -0.191. The second-order valence-electron chi connectivity index (χ2n) is 4.92. The van der Waals surface area contributed by atoms with Gasteiger partial charge in [0.2, 0.25) is 0 Å². The van der Waals surface area contributed by atoms with Crippen molar-refractivity contribution in [3.05, 3.63) is 35.2 Å². The summed E-state index contributed by atoms with van der Waals surface area (Å²) in [6, 6.07) is 7.86. The fraction of sp³-hybridized carbons (Fsp3) is 0.333. The number of hydrogen-bond acceptors (Lipinski definition) is 4. The zero-order chi connectivity index (χ0) is 15.4. The van der Waals surface area contributed by atoms with Gasteiger partial charge in [-0.25, -0.2) is 0 Å². The number of hydrogen-bond donors (Lipinski definition) is 2. The quantitative estimate of drug-likeness (QED) is 0.386. The topological polar surface area (TPSA) is 78.9 Å². The Morgan fingerprint density at radius 3 is 2.86 bits per heavy atom. The van der Waals surface area contributed by atoms with E-state index in [0.717, 1.165) is 10.1 Å². The number of fused-ring (bicyclic) bond motifs is 1. The van der Waals surface area contributed by atoms with E-state index in [-0.39, 0.29) is 17.7 Å². The number of rotatable bonds is 5. The van der Waals surface area contributed by atoms with E-state index >= 15 is 0 Å². The monoisotopic (exact) mass is 305 g/mol. The first-order chi connectivity index (χ1) is 10.1. The van der Waals surface area contributed by atoms with Gasteiger partial charge in [0.1, 0.15) is 5.84 Å². The molecule has 112 valence electrons. The van der Waals surface area contributed by atoms with Crippen molar-refractivity contribution in [1.82, 2.24) is 4.90 Å². The van der Waals surface area contributed by atoms with Gasteiger partial charge in [-0.05, 0) is 13.0 Å². The minimum absolute atomic E-state index is 0.0208. The number of benzene rings is 1. The molecule has 2 aromatic rings. The summed E-state index contributed by atoms with van der Waals surface area (Å²) < 4.78 is 1.10. The van der Waals surface area contributed by atoms with Crippen molar-refractivity contribution in [3.63, 3.8) is 0 Å². The predicted octanol–water partition coefficient (Wildman–Crippen LogP) is 2.75. The highest BCUT2D eigenvalue weighted by Crippen LogP contribution is 2.26. The smallest absolute Gasteiger partial charge is 0.255 e. The van der Waals surface area contributed by atoms with Crippen molar-refractivity contribution in [3.8, 4) is 0 Å². The van der Waals surface area contributed by atoms with E-state index in [1.165, 1.54) is 0 Å². The summed E-state index contributed by atoms with van der Waals surface area (Å²) in [5, 5.41) is 14.6. The highest BCUT2D eigenvalue weighted by Gasteiger charge is 2.21. The van der Waals surface area contributed by atoms with Crippen LogP contribution in [0.4, 0.5) is 0 Å². The number of oxime groups is 1. The van der Waals surface area contributed by atoms with Crippen LogP contribution in [0.3, 0.4) is 0 Å². The van der Waals surface area contributed by atoms with E-state index in [1.807, 2.05) is 43.5 Å². The van der Waals surface area contributed by atoms with Crippen LogP contribution < -0.4 is 5.73 Å². The van der Waals surface area contributed by atoms with Crippen molar-refractivity contribution >= 4 is 33.2 Å². The van der Waals surface area contributed by atoms with Crippen LogP contribution in [-0.4, -0.2) is 34.9 Å². The number of carbonyl (C=O) groups excluding carboxylic acids is 1. The second-order valence-corrected chi connectivity index (χ2v) is 5.83. The Morgan fingerprint density at radius 1 is 1.48 bits per heavy atom. The van der Waals surface area contributed by atoms with Crippen molar-refractivity contribution in [2.24, 2.45) is 16.8 Å². The first-order valence-corrected chi connectivity index (χ1v) is 7.69. The molecular weight excluding hydrogens is 286 g/mol. The molecule has 0 aliphatic carbocycles. The lowest BCUT2D eigenvalue weighted by Gasteiger charge is -2.23. The van der Waals surface area contributed by atoms with Gasteiger partial charge in [-0.3, -0.25) is 4.79 Å². The molecule has 0 radical (unpaired) electrons. The Hall–Kier alpha value is -2.08. The fourth-order valence-corrected chi connectivity index (χ4v) is 3.13. The second kappa shape index (κ2) is 6.58. The number of nitrogens with two attached hydrogens (primary N) is 1. The lowest BCUT2D eigenvalue weighted by Crippen LogP contribution is -2.38. The molecule has 1 heterocycles. The maximum absolute atomic E-state index is 12.7. The van der Waals surface area contributed by atoms with Crippen LogP contribution in [0.15, 0.2) is 34.8 Å². The van der Waals surface area contributed by atoms with Crippen molar-refractivity contribution in [1.29, 1.82) is 0 Å². The molecule has 1 aromatic heterocycles. The summed E-state index contributed by atoms with van der Waals surface area (Å²) in [6.07, 6.45) is 0. The maximum Gasteiger partial charge on any atom is 0.255 e. The van der Waals surface area contributed by atoms with Crippen LogP contribution in [0.1, 0.15) is 24.2 Å². The third-order valence-corrected chi connectivity index (χ3v) is 4.46. The molecule has 0 spiro atoms. The lowest BCUT2D eigenvalue weighted by atomic mass is 10.1. The fourth-order valence-electron chi connectivity index (χ4n) is 2.19. The van der Waals surface area contributed by atoms with Gasteiger partial charge in [0.15, 0.2) is 0 Å². The number of thiophene rings is 1. The molecule has 0 fully saturated rings. The molecule has 0 aliphatic rings. The molecule has 3 N–H and O–H groups in total. The summed E-state index contributed by atoms with van der Waals surface area (Å²) in [5.41, 5.74) is 6.31. The molecule has 1 aromatic carbocycles. The SMILES string of the molecule is CCN(CC(C)C(N)=NO)C(=O)c1csc2ccccc12. The summed E-state index contributed by atoms with van der Waals surface area (Å²) >= 11 is 1.56. The third kappa shape index (κ3) is 3.16. The van der Waals surface area contributed by atoms with Gasteiger partial charge < -0.3 is 15.8 Å². The van der Waals surface area contributed by atoms with Gasteiger partial charge in [-0.15, -0.1) is 11.3 Å². The molecule has 21 heavy (non-hydrogen) atoms. The van der Waals surface area contributed by atoms with Gasteiger partial charge in [0, 0.05) is 34.5 Å². The Bertz CT molecular complexity index is 666. The van der Waals surface area contributed by atoms with Crippen molar-refractivity contribution in [2.45, 2.75) is 13.8 Å². The van der Waals surface area contributed by atoms with Gasteiger partial charge in [0.25, 0.3) is 5.91 Å². The first-order valence-electron chi connectivity index (χ1n) is 6.81. The molecule has 0 aliphatic heterocycles. The highest BCUT2D eigenvalue weighted by molar-refractivity contribution is 7.17. The van der Waals surface area contributed by atoms with Crippen LogP contribution in [0, 0.1) is 5.92 Å². The normalized spacial score (nSPS) is 13.3. The van der Waals surface area contributed by atoms with E-state index in [9.17, 15) is 4.79 Å². The molecule has 2 rings (SSSR count). The summed E-state index contributed by atoms with van der Waals surface area (Å²) in [5.74, 6) is -0.0761. The van der Waals surface area contributed by atoms with Crippen molar-refractivity contribution in [2.75, 3.05) is 13.1 Å². The zero-order valence-electron chi connectivity index (χ0n) is 12.1. The number of amides is 1. The van der Waals surface area contributed by atoms with E-state index in [0.29, 0.717) is 18.7 Å². The molecular formula is C15H19N3O2S. The zero-order valence-corrected chi connectivity index (χ0v) is 12.9. The molecule has 1 atom stereocenters. The number of carbonyl (C=O) groups is 1. The van der Waals surface area contributed by atoms with Crippen LogP contribution in [0.25, 0.3) is 10.1 Å². The van der Waals surface area contributed by atoms with Gasteiger partial charge in [-0.2, -0.15) is 0 Å². The Morgan fingerprint density at radius 2 is 2.19 bits per heavy atom. The minimum Gasteiger partial charge on any atom is -0.409 e. The molecule has 6 heteroatoms. The van der Waals surface area contributed by atoms with Crippen LogP contribution in [0.2, 0.25) is 0 Å². The lowest BCUT2D eigenvalue weighted by molar-refractivity contribution is 0.0756. The van der Waals surface area contributed by atoms with Gasteiger partial charge >= 0.3 is 0 Å². The molecule has 1 unspecified atom stereocenters. The van der Waals surface area contributed by atoms with Gasteiger partial charge in [-0.1, -0.05) is 30.3 Å². The van der Waals surface area contributed by atoms with E-state index < -0.39 is 0 Å². The molecule has 0 saturated carbocycles. The Labute approximate surface area is 127 Å². The molecule has 0 saturated heterocycles. The Kier molecular flexibility index (Phi) is 4.80. The van der Waals surface area contributed by atoms with E-state index in [1.54, 1.807) is 16.2 Å². The van der Waals surface area contributed by atoms with E-state index in [2.05, 4.69) is 5.16 Å². The van der Waals surface area contributed by atoms with Crippen LogP contribution >= 0.6 is 11.3 Å². The average molecular weight is 305 g/mol. The summed E-state index contributed by atoms with van der Waals surface area (Å²) in [4.78, 5) is 14.4. The standard InChI is InChI=1S/C15H19N3O2S/c1-3-18(8-10(2)14(16)17-20)15(19)12-9-21-13-7-5-4-6-11(12)13/h4-7,9-10,20H,3,8H2,1-2H3,(H2,16,17). The number of nitrogens with zero attached hydrogens (tertiary/aromatic N) is 2. The number of amidine groups is 1. The van der Waals surface area contributed by atoms with Crippen LogP contribution in [0.5, 0.6) is 0 Å². The highest BCUT2D eigenvalue weighted by atomic mass is 32.1. The molecule has 0 bridgehead atoms. The summed E-state index contributed by atoms with van der Waals surface area (Å²) in [7, 11) is 0.